The molecule has 2 N–H and O–H groups in total. The summed E-state index contributed by atoms with van der Waals surface area (Å²) in [6.07, 6.45) is 3.56. The molecule has 7 nitrogen and oxygen atoms in total. The van der Waals surface area contributed by atoms with E-state index in [-0.39, 0.29) is 36.1 Å². The van der Waals surface area contributed by atoms with Gasteiger partial charge in [0.15, 0.2) is 0 Å². The maximum absolute atomic E-state index is 12.7. The molecule has 1 saturated heterocycles. The van der Waals surface area contributed by atoms with Crippen molar-refractivity contribution in [2.45, 2.75) is 24.4 Å². The number of hydrogen-bond donors (Lipinski definition) is 2. The number of aromatic nitrogens is 1. The quantitative estimate of drug-likeness (QED) is 0.772. The Balaban J connectivity index is 1.26. The number of pyridine rings is 1. The van der Waals surface area contributed by atoms with Crippen molar-refractivity contribution in [2.24, 2.45) is 0 Å². The van der Waals surface area contributed by atoms with E-state index in [2.05, 4.69) is 15.6 Å². The molecule has 2 atom stereocenters. The molecule has 0 radical (unpaired) electrons. The van der Waals surface area contributed by atoms with Crippen LogP contribution in [0.2, 0.25) is 0 Å². The molecule has 2 aliphatic heterocycles. The number of hydrogen-bond acceptors (Lipinski definition) is 5. The van der Waals surface area contributed by atoms with Crippen LogP contribution in [-0.2, 0) is 16.1 Å². The Hall–Kier alpha value is -2.87. The van der Waals surface area contributed by atoms with E-state index in [4.69, 9.17) is 0 Å². The Kier molecular flexibility index (Phi) is 5.29. The molecule has 3 heterocycles. The summed E-state index contributed by atoms with van der Waals surface area (Å²) in [5.74, 6) is 0.104. The number of thioether (sulfide) groups is 1. The van der Waals surface area contributed by atoms with Gasteiger partial charge in [-0.3, -0.25) is 19.4 Å². The van der Waals surface area contributed by atoms with Gasteiger partial charge >= 0.3 is 0 Å². The van der Waals surface area contributed by atoms with Crippen LogP contribution in [0.15, 0.2) is 48.8 Å². The van der Waals surface area contributed by atoms with Gasteiger partial charge in [-0.05, 0) is 23.3 Å². The van der Waals surface area contributed by atoms with Crippen molar-refractivity contribution in [3.63, 3.8) is 0 Å². The molecule has 1 aromatic carbocycles. The van der Waals surface area contributed by atoms with Gasteiger partial charge in [-0.1, -0.05) is 24.3 Å². The van der Waals surface area contributed by atoms with Crippen molar-refractivity contribution < 1.29 is 14.4 Å². The molecule has 0 saturated carbocycles. The van der Waals surface area contributed by atoms with Gasteiger partial charge in [0.05, 0.1) is 0 Å². The lowest BCUT2D eigenvalue weighted by Crippen LogP contribution is -2.46. The minimum absolute atomic E-state index is 0.0952. The molecular weight excluding hydrogens is 376 g/mol. The number of carbonyl (C=O) groups excluding carboxylic acids is 3. The zero-order valence-corrected chi connectivity index (χ0v) is 15.9. The highest BCUT2D eigenvalue weighted by molar-refractivity contribution is 7.99. The summed E-state index contributed by atoms with van der Waals surface area (Å²) in [4.78, 5) is 42.9. The standard InChI is InChI=1S/C20H20N4O3S/c25-17(23-11-13-4-3-8-21-10-13)7-9-22-18(26)16-12-28-20-15-6-2-1-5-14(15)19(27)24(16)20/h1-6,8,10,16,20H,7,9,11-12H2,(H,22,26)(H,23,25)/t16-,20?/m0/s1. The summed E-state index contributed by atoms with van der Waals surface area (Å²) in [6, 6.07) is 10.7. The van der Waals surface area contributed by atoms with Crippen LogP contribution in [0.3, 0.4) is 0 Å². The maximum atomic E-state index is 12.7. The van der Waals surface area contributed by atoms with Crippen molar-refractivity contribution >= 4 is 29.5 Å². The van der Waals surface area contributed by atoms with E-state index < -0.39 is 6.04 Å². The summed E-state index contributed by atoms with van der Waals surface area (Å²) < 4.78 is 0. The van der Waals surface area contributed by atoms with E-state index in [1.165, 1.54) is 0 Å². The third kappa shape index (κ3) is 3.60. The highest BCUT2D eigenvalue weighted by atomic mass is 32.2. The lowest BCUT2D eigenvalue weighted by atomic mass is 10.1. The van der Waals surface area contributed by atoms with E-state index in [1.54, 1.807) is 35.1 Å². The fourth-order valence-corrected chi connectivity index (χ4v) is 4.92. The SMILES string of the molecule is O=C(CCNC(=O)[C@@H]1CSC2c3ccccc3C(=O)N21)NCc1cccnc1. The first kappa shape index (κ1) is 18.5. The minimum Gasteiger partial charge on any atom is -0.354 e. The van der Waals surface area contributed by atoms with Gasteiger partial charge in [-0.2, -0.15) is 0 Å². The molecule has 0 aliphatic carbocycles. The van der Waals surface area contributed by atoms with Gasteiger partial charge < -0.3 is 15.5 Å². The summed E-state index contributed by atoms with van der Waals surface area (Å²) in [5, 5.41) is 5.50. The Labute approximate surface area is 166 Å². The van der Waals surface area contributed by atoms with Crippen LogP contribution in [0.4, 0.5) is 0 Å². The summed E-state index contributed by atoms with van der Waals surface area (Å²) in [6.45, 7) is 0.640. The number of amides is 3. The number of benzene rings is 1. The second-order valence-electron chi connectivity index (χ2n) is 6.68. The van der Waals surface area contributed by atoms with Crippen molar-refractivity contribution in [3.8, 4) is 0 Å². The van der Waals surface area contributed by atoms with Gasteiger partial charge in [0.1, 0.15) is 11.4 Å². The van der Waals surface area contributed by atoms with Gasteiger partial charge in [0, 0.05) is 43.2 Å². The Morgan fingerprint density at radius 1 is 1.18 bits per heavy atom. The number of nitrogens with one attached hydrogen (secondary N) is 2. The molecule has 144 valence electrons. The van der Waals surface area contributed by atoms with Crippen LogP contribution >= 0.6 is 11.8 Å². The molecule has 28 heavy (non-hydrogen) atoms. The van der Waals surface area contributed by atoms with E-state index >= 15 is 0 Å². The Morgan fingerprint density at radius 3 is 2.86 bits per heavy atom. The van der Waals surface area contributed by atoms with E-state index in [0.717, 1.165) is 11.1 Å². The third-order valence-corrected chi connectivity index (χ3v) is 6.16. The summed E-state index contributed by atoms with van der Waals surface area (Å²) >= 11 is 1.60. The van der Waals surface area contributed by atoms with Crippen LogP contribution in [0, 0.1) is 0 Å². The van der Waals surface area contributed by atoms with Crippen LogP contribution in [-0.4, -0.2) is 45.9 Å². The second kappa shape index (κ2) is 8.02. The first-order valence-electron chi connectivity index (χ1n) is 9.11. The van der Waals surface area contributed by atoms with Crippen LogP contribution in [0.5, 0.6) is 0 Å². The number of fused-ring (bicyclic) bond motifs is 3. The Bertz CT molecular complexity index is 905. The van der Waals surface area contributed by atoms with Gasteiger partial charge in [-0.25, -0.2) is 0 Å². The summed E-state index contributed by atoms with van der Waals surface area (Å²) in [7, 11) is 0. The predicted molar refractivity (Wildman–Crippen MR) is 105 cm³/mol. The molecule has 0 bridgehead atoms. The fourth-order valence-electron chi connectivity index (χ4n) is 3.45. The molecule has 4 rings (SSSR count). The fraction of sp³-hybridized carbons (Fsp3) is 0.300. The molecule has 0 spiro atoms. The van der Waals surface area contributed by atoms with Crippen LogP contribution in [0.1, 0.15) is 33.3 Å². The van der Waals surface area contributed by atoms with Gasteiger partial charge in [-0.15, -0.1) is 11.8 Å². The number of rotatable bonds is 6. The number of carbonyl (C=O) groups is 3. The molecule has 2 aromatic rings. The summed E-state index contributed by atoms with van der Waals surface area (Å²) in [5.41, 5.74) is 2.57. The molecule has 8 heteroatoms. The second-order valence-corrected chi connectivity index (χ2v) is 7.79. The minimum atomic E-state index is -0.506. The first-order chi connectivity index (χ1) is 13.6. The zero-order valence-electron chi connectivity index (χ0n) is 15.1. The van der Waals surface area contributed by atoms with Gasteiger partial charge in [0.2, 0.25) is 11.8 Å². The highest BCUT2D eigenvalue weighted by Gasteiger charge is 2.48. The van der Waals surface area contributed by atoms with Crippen molar-refractivity contribution in [1.82, 2.24) is 20.5 Å². The largest absolute Gasteiger partial charge is 0.354 e. The molecule has 1 fully saturated rings. The highest BCUT2D eigenvalue weighted by Crippen LogP contribution is 2.47. The van der Waals surface area contributed by atoms with E-state index in [0.29, 0.717) is 17.9 Å². The predicted octanol–water partition coefficient (Wildman–Crippen LogP) is 1.47. The average Bonchev–Trinajstić information content (AvgIpc) is 3.28. The smallest absolute Gasteiger partial charge is 0.256 e. The molecular formula is C20H20N4O3S. The van der Waals surface area contributed by atoms with Gasteiger partial charge in [0.25, 0.3) is 5.91 Å². The lowest BCUT2D eigenvalue weighted by Gasteiger charge is -2.22. The average molecular weight is 396 g/mol. The lowest BCUT2D eigenvalue weighted by molar-refractivity contribution is -0.125. The van der Waals surface area contributed by atoms with Crippen molar-refractivity contribution in [3.05, 3.63) is 65.5 Å². The van der Waals surface area contributed by atoms with E-state index in [1.807, 2.05) is 30.3 Å². The van der Waals surface area contributed by atoms with Crippen molar-refractivity contribution in [2.75, 3.05) is 12.3 Å². The number of nitrogens with zero attached hydrogens (tertiary/aromatic N) is 2. The van der Waals surface area contributed by atoms with E-state index in [9.17, 15) is 14.4 Å². The maximum Gasteiger partial charge on any atom is 0.256 e. The Morgan fingerprint density at radius 2 is 2.04 bits per heavy atom. The molecule has 2 aliphatic rings. The van der Waals surface area contributed by atoms with Crippen molar-refractivity contribution in [1.29, 1.82) is 0 Å². The molecule has 3 amide bonds. The first-order valence-corrected chi connectivity index (χ1v) is 10.2. The monoisotopic (exact) mass is 396 g/mol. The zero-order chi connectivity index (χ0) is 19.5. The normalized spacial score (nSPS) is 19.9. The molecule has 1 aromatic heterocycles. The van der Waals surface area contributed by atoms with Crippen LogP contribution in [0.25, 0.3) is 0 Å². The topological polar surface area (TPSA) is 91.4 Å². The molecule has 1 unspecified atom stereocenters. The van der Waals surface area contributed by atoms with Crippen LogP contribution < -0.4 is 10.6 Å². The third-order valence-electron chi connectivity index (χ3n) is 4.86.